The van der Waals surface area contributed by atoms with Crippen molar-refractivity contribution in [2.45, 2.75) is 38.3 Å². The van der Waals surface area contributed by atoms with E-state index in [1.807, 2.05) is 19.6 Å². The van der Waals surface area contributed by atoms with Crippen LogP contribution in [0, 0.1) is 0 Å². The first-order valence-corrected chi connectivity index (χ1v) is 6.90. The summed E-state index contributed by atoms with van der Waals surface area (Å²) in [5.41, 5.74) is 4.17. The van der Waals surface area contributed by atoms with Crippen LogP contribution in [0.3, 0.4) is 0 Å². The van der Waals surface area contributed by atoms with E-state index in [-0.39, 0.29) is 5.54 Å². The zero-order valence-corrected chi connectivity index (χ0v) is 11.9. The van der Waals surface area contributed by atoms with Gasteiger partial charge in [-0.25, -0.2) is 4.98 Å². The highest BCUT2D eigenvalue weighted by Crippen LogP contribution is 2.32. The Hall–Kier alpha value is -1.61. The van der Waals surface area contributed by atoms with E-state index in [0.29, 0.717) is 6.04 Å². The summed E-state index contributed by atoms with van der Waals surface area (Å²) in [6, 6.07) is 9.26. The molecule has 0 spiro atoms. The van der Waals surface area contributed by atoms with Crippen molar-refractivity contribution in [3.8, 4) is 0 Å². The van der Waals surface area contributed by atoms with Crippen LogP contribution in [0.5, 0.6) is 0 Å². The van der Waals surface area contributed by atoms with E-state index < -0.39 is 0 Å². The molecule has 0 atom stereocenters. The van der Waals surface area contributed by atoms with Crippen molar-refractivity contribution in [1.29, 1.82) is 0 Å². The fourth-order valence-electron chi connectivity index (χ4n) is 2.94. The Labute approximate surface area is 114 Å². The molecule has 0 amide bonds. The summed E-state index contributed by atoms with van der Waals surface area (Å²) in [7, 11) is 2.00. The van der Waals surface area contributed by atoms with Gasteiger partial charge in [-0.3, -0.25) is 0 Å². The molecule has 1 N–H and O–H groups in total. The molecule has 1 heterocycles. The molecule has 1 aromatic heterocycles. The fourth-order valence-corrected chi connectivity index (χ4v) is 2.94. The average Bonchev–Trinajstić information content (AvgIpc) is 3.04. The second-order valence-electron chi connectivity index (χ2n) is 5.89. The molecule has 0 bridgehead atoms. The number of benzene rings is 1. The molecule has 3 rings (SSSR count). The zero-order chi connectivity index (χ0) is 13.5. The van der Waals surface area contributed by atoms with Gasteiger partial charge in [0.2, 0.25) is 0 Å². The van der Waals surface area contributed by atoms with E-state index in [1.54, 1.807) is 0 Å². The molecule has 0 saturated carbocycles. The first-order valence-electron chi connectivity index (χ1n) is 6.90. The second-order valence-corrected chi connectivity index (χ2v) is 5.89. The smallest absolute Gasteiger partial charge is 0.0951 e. The molecular weight excluding hydrogens is 234 g/mol. The first kappa shape index (κ1) is 12.4. The molecule has 0 saturated heterocycles. The largest absolute Gasteiger partial charge is 0.329 e. The topological polar surface area (TPSA) is 29.9 Å². The van der Waals surface area contributed by atoms with Crippen molar-refractivity contribution >= 4 is 0 Å². The lowest BCUT2D eigenvalue weighted by molar-refractivity contribution is 0.385. The number of rotatable bonds is 3. The van der Waals surface area contributed by atoms with Crippen molar-refractivity contribution in [2.75, 3.05) is 7.05 Å². The summed E-state index contributed by atoms with van der Waals surface area (Å²) in [4.78, 5) is 4.37. The van der Waals surface area contributed by atoms with Crippen LogP contribution in [0.1, 0.15) is 36.7 Å². The minimum absolute atomic E-state index is 0.0503. The van der Waals surface area contributed by atoms with Crippen LogP contribution in [0.2, 0.25) is 0 Å². The number of nitrogens with zero attached hydrogens (tertiary/aromatic N) is 2. The molecule has 1 aliphatic carbocycles. The van der Waals surface area contributed by atoms with Crippen LogP contribution in [0.4, 0.5) is 0 Å². The Balaban J connectivity index is 1.92. The summed E-state index contributed by atoms with van der Waals surface area (Å²) >= 11 is 0. The molecule has 3 heteroatoms. The zero-order valence-electron chi connectivity index (χ0n) is 11.9. The predicted octanol–water partition coefficient (Wildman–Crippen LogP) is 2.68. The lowest BCUT2D eigenvalue weighted by Gasteiger charge is -2.27. The van der Waals surface area contributed by atoms with E-state index >= 15 is 0 Å². The fraction of sp³-hybridized carbons (Fsp3) is 0.438. The standard InChI is InChI=1S/C16H21N3/c1-16(2,17-3)15-10-18-11-19(15)14-8-12-6-4-5-7-13(12)9-14/h4-7,10-11,14,17H,8-9H2,1-3H3. The number of hydrogen-bond acceptors (Lipinski definition) is 2. The first-order chi connectivity index (χ1) is 9.12. The van der Waals surface area contributed by atoms with Crippen LogP contribution >= 0.6 is 0 Å². The molecule has 0 aliphatic heterocycles. The minimum Gasteiger partial charge on any atom is -0.329 e. The number of hydrogen-bond donors (Lipinski definition) is 1. The quantitative estimate of drug-likeness (QED) is 0.914. The summed E-state index contributed by atoms with van der Waals surface area (Å²) in [5, 5.41) is 3.37. The second kappa shape index (κ2) is 4.49. The number of fused-ring (bicyclic) bond motifs is 1. The van der Waals surface area contributed by atoms with Gasteiger partial charge >= 0.3 is 0 Å². The molecule has 100 valence electrons. The predicted molar refractivity (Wildman–Crippen MR) is 77.2 cm³/mol. The van der Waals surface area contributed by atoms with Gasteiger partial charge in [0.25, 0.3) is 0 Å². The maximum Gasteiger partial charge on any atom is 0.0951 e. The van der Waals surface area contributed by atoms with Crippen molar-refractivity contribution in [2.24, 2.45) is 0 Å². The van der Waals surface area contributed by atoms with E-state index in [0.717, 1.165) is 12.8 Å². The highest BCUT2D eigenvalue weighted by atomic mass is 15.1. The third-order valence-corrected chi connectivity index (χ3v) is 4.35. The van der Waals surface area contributed by atoms with Crippen molar-refractivity contribution in [3.63, 3.8) is 0 Å². The number of imidazole rings is 1. The lowest BCUT2D eigenvalue weighted by atomic mass is 10.0. The highest BCUT2D eigenvalue weighted by Gasteiger charge is 2.28. The van der Waals surface area contributed by atoms with E-state index in [1.165, 1.54) is 16.8 Å². The lowest BCUT2D eigenvalue weighted by Crippen LogP contribution is -2.36. The third-order valence-electron chi connectivity index (χ3n) is 4.35. The molecule has 0 fully saturated rings. The Morgan fingerprint density at radius 2 is 1.84 bits per heavy atom. The van der Waals surface area contributed by atoms with E-state index in [4.69, 9.17) is 0 Å². The maximum absolute atomic E-state index is 4.37. The Morgan fingerprint density at radius 1 is 1.21 bits per heavy atom. The van der Waals surface area contributed by atoms with Crippen molar-refractivity contribution in [3.05, 3.63) is 53.6 Å². The van der Waals surface area contributed by atoms with Gasteiger partial charge in [0.15, 0.2) is 0 Å². The molecule has 0 radical (unpaired) electrons. The van der Waals surface area contributed by atoms with Gasteiger partial charge < -0.3 is 9.88 Å². The van der Waals surface area contributed by atoms with Gasteiger partial charge in [-0.1, -0.05) is 24.3 Å². The summed E-state index contributed by atoms with van der Waals surface area (Å²) in [6.07, 6.45) is 6.18. The van der Waals surface area contributed by atoms with Crippen LogP contribution < -0.4 is 5.32 Å². The molecule has 1 aromatic carbocycles. The molecule has 1 aliphatic rings. The van der Waals surface area contributed by atoms with Gasteiger partial charge in [-0.2, -0.15) is 0 Å². The number of nitrogens with one attached hydrogen (secondary N) is 1. The van der Waals surface area contributed by atoms with Gasteiger partial charge in [0.05, 0.1) is 23.8 Å². The monoisotopic (exact) mass is 255 g/mol. The maximum atomic E-state index is 4.37. The Morgan fingerprint density at radius 3 is 2.42 bits per heavy atom. The molecule has 3 nitrogen and oxygen atoms in total. The van der Waals surface area contributed by atoms with Crippen LogP contribution in [0.25, 0.3) is 0 Å². The van der Waals surface area contributed by atoms with E-state index in [2.05, 4.69) is 53.0 Å². The van der Waals surface area contributed by atoms with Crippen LogP contribution in [0.15, 0.2) is 36.8 Å². The summed E-state index contributed by atoms with van der Waals surface area (Å²) in [5.74, 6) is 0. The summed E-state index contributed by atoms with van der Waals surface area (Å²) in [6.45, 7) is 4.39. The Kier molecular flexibility index (Phi) is 2.94. The minimum atomic E-state index is -0.0503. The van der Waals surface area contributed by atoms with Crippen molar-refractivity contribution < 1.29 is 0 Å². The van der Waals surface area contributed by atoms with Crippen molar-refractivity contribution in [1.82, 2.24) is 14.9 Å². The Bertz CT molecular complexity index is 558. The highest BCUT2D eigenvalue weighted by molar-refractivity contribution is 5.33. The third kappa shape index (κ3) is 2.08. The molecule has 0 unspecified atom stereocenters. The SMILES string of the molecule is CNC(C)(C)c1cncn1C1Cc2ccccc2C1. The van der Waals surface area contributed by atoms with Gasteiger partial charge in [-0.15, -0.1) is 0 Å². The molecule has 2 aromatic rings. The number of aromatic nitrogens is 2. The normalized spacial score (nSPS) is 15.7. The van der Waals surface area contributed by atoms with Crippen LogP contribution in [-0.2, 0) is 18.4 Å². The van der Waals surface area contributed by atoms with Gasteiger partial charge in [0, 0.05) is 6.04 Å². The van der Waals surface area contributed by atoms with Gasteiger partial charge in [0.1, 0.15) is 0 Å². The van der Waals surface area contributed by atoms with E-state index in [9.17, 15) is 0 Å². The van der Waals surface area contributed by atoms with Gasteiger partial charge in [-0.05, 0) is 44.9 Å². The molecular formula is C16H21N3. The summed E-state index contributed by atoms with van der Waals surface area (Å²) < 4.78 is 2.34. The van der Waals surface area contributed by atoms with Crippen LogP contribution in [-0.4, -0.2) is 16.6 Å². The molecule has 19 heavy (non-hydrogen) atoms. The average molecular weight is 255 g/mol.